The van der Waals surface area contributed by atoms with Crippen molar-refractivity contribution in [2.75, 3.05) is 23.3 Å². The summed E-state index contributed by atoms with van der Waals surface area (Å²) in [4.78, 5) is 13.4. The van der Waals surface area contributed by atoms with Gasteiger partial charge in [-0.3, -0.25) is 9.58 Å². The lowest BCUT2D eigenvalue weighted by atomic mass is 10.2. The van der Waals surface area contributed by atoms with E-state index in [2.05, 4.69) is 35.8 Å². The molecule has 6 heteroatoms. The Labute approximate surface area is 130 Å². The number of benzene rings is 1. The first-order valence-corrected chi connectivity index (χ1v) is 7.56. The molecule has 22 heavy (non-hydrogen) atoms. The van der Waals surface area contributed by atoms with Gasteiger partial charge in [-0.2, -0.15) is 5.10 Å². The zero-order valence-electron chi connectivity index (χ0n) is 12.9. The Kier molecular flexibility index (Phi) is 4.00. The molecule has 2 amide bonds. The predicted molar refractivity (Wildman–Crippen MR) is 87.1 cm³/mol. The molecule has 1 aliphatic rings. The number of carbonyl (C=O) groups excluding carboxylic acids is 1. The molecule has 2 heterocycles. The van der Waals surface area contributed by atoms with Crippen molar-refractivity contribution >= 4 is 17.4 Å². The highest BCUT2D eigenvalue weighted by molar-refractivity contribution is 5.94. The molecule has 0 spiro atoms. The van der Waals surface area contributed by atoms with E-state index in [0.717, 1.165) is 30.0 Å². The number of nitrogens with one attached hydrogen (secondary N) is 2. The molecular formula is C16H21N5O. The first-order valence-electron chi connectivity index (χ1n) is 7.56. The maximum absolute atomic E-state index is 11.6. The quantitative estimate of drug-likeness (QED) is 0.892. The van der Waals surface area contributed by atoms with Gasteiger partial charge in [0.2, 0.25) is 0 Å². The number of rotatable bonds is 5. The molecule has 0 saturated carbocycles. The molecule has 1 fully saturated rings. The molecule has 0 atom stereocenters. The SMILES string of the molecule is CC(C)n1cc(CNc2ccc(N3CCNC3=O)cc2)cn1. The van der Waals surface area contributed by atoms with E-state index < -0.39 is 0 Å². The molecule has 0 bridgehead atoms. The molecule has 116 valence electrons. The average Bonchev–Trinajstić information content (AvgIpc) is 3.15. The standard InChI is InChI=1S/C16H21N5O/c1-12(2)21-11-13(10-19-21)9-18-14-3-5-15(6-4-14)20-8-7-17-16(20)22/h3-6,10-12,18H,7-9H2,1-2H3,(H,17,22). The topological polar surface area (TPSA) is 62.2 Å². The van der Waals surface area contributed by atoms with E-state index in [1.807, 2.05) is 35.1 Å². The second-order valence-corrected chi connectivity index (χ2v) is 5.71. The summed E-state index contributed by atoms with van der Waals surface area (Å²) in [6.45, 7) is 6.38. The molecule has 1 saturated heterocycles. The van der Waals surface area contributed by atoms with Gasteiger partial charge in [0.25, 0.3) is 0 Å². The van der Waals surface area contributed by atoms with E-state index in [1.165, 1.54) is 0 Å². The third kappa shape index (κ3) is 3.05. The lowest BCUT2D eigenvalue weighted by Gasteiger charge is -2.14. The van der Waals surface area contributed by atoms with Gasteiger partial charge in [-0.15, -0.1) is 0 Å². The summed E-state index contributed by atoms with van der Waals surface area (Å²) in [5.74, 6) is 0. The van der Waals surface area contributed by atoms with Gasteiger partial charge in [0.1, 0.15) is 0 Å². The van der Waals surface area contributed by atoms with Crippen molar-refractivity contribution in [3.8, 4) is 0 Å². The monoisotopic (exact) mass is 299 g/mol. The Bertz CT molecular complexity index is 647. The van der Waals surface area contributed by atoms with Gasteiger partial charge in [0.15, 0.2) is 0 Å². The smallest absolute Gasteiger partial charge is 0.321 e. The number of urea groups is 1. The van der Waals surface area contributed by atoms with Crippen molar-refractivity contribution in [2.24, 2.45) is 0 Å². The molecule has 2 N–H and O–H groups in total. The molecule has 1 aromatic carbocycles. The summed E-state index contributed by atoms with van der Waals surface area (Å²) in [5, 5.41) is 10.5. The van der Waals surface area contributed by atoms with Crippen LogP contribution in [0.4, 0.5) is 16.2 Å². The van der Waals surface area contributed by atoms with Crippen LogP contribution in [0.15, 0.2) is 36.7 Å². The fraction of sp³-hybridized carbons (Fsp3) is 0.375. The van der Waals surface area contributed by atoms with Crippen molar-refractivity contribution in [2.45, 2.75) is 26.4 Å². The van der Waals surface area contributed by atoms with E-state index >= 15 is 0 Å². The Morgan fingerprint density at radius 3 is 2.68 bits per heavy atom. The van der Waals surface area contributed by atoms with Gasteiger partial charge in [-0.1, -0.05) is 0 Å². The number of hydrogen-bond acceptors (Lipinski definition) is 3. The van der Waals surface area contributed by atoms with E-state index in [0.29, 0.717) is 12.6 Å². The van der Waals surface area contributed by atoms with Crippen molar-refractivity contribution in [3.05, 3.63) is 42.2 Å². The fourth-order valence-electron chi connectivity index (χ4n) is 2.43. The van der Waals surface area contributed by atoms with Crippen LogP contribution in [0.5, 0.6) is 0 Å². The number of anilines is 2. The van der Waals surface area contributed by atoms with Crippen LogP contribution in [0.3, 0.4) is 0 Å². The zero-order chi connectivity index (χ0) is 15.5. The average molecular weight is 299 g/mol. The van der Waals surface area contributed by atoms with E-state index in [4.69, 9.17) is 0 Å². The van der Waals surface area contributed by atoms with Crippen LogP contribution < -0.4 is 15.5 Å². The summed E-state index contributed by atoms with van der Waals surface area (Å²) in [5.41, 5.74) is 3.10. The van der Waals surface area contributed by atoms with Gasteiger partial charge < -0.3 is 10.6 Å². The predicted octanol–water partition coefficient (Wildman–Crippen LogP) is 2.61. The molecule has 3 rings (SSSR count). The number of nitrogens with zero attached hydrogens (tertiary/aromatic N) is 3. The lowest BCUT2D eigenvalue weighted by Crippen LogP contribution is -2.27. The molecule has 0 radical (unpaired) electrons. The van der Waals surface area contributed by atoms with Crippen LogP contribution in [0.2, 0.25) is 0 Å². The summed E-state index contributed by atoms with van der Waals surface area (Å²) >= 11 is 0. The van der Waals surface area contributed by atoms with Gasteiger partial charge in [-0.25, -0.2) is 4.79 Å². The Hall–Kier alpha value is -2.50. The summed E-state index contributed by atoms with van der Waals surface area (Å²) in [6, 6.07) is 8.26. The third-order valence-electron chi connectivity index (χ3n) is 3.72. The van der Waals surface area contributed by atoms with Crippen LogP contribution in [0, 0.1) is 0 Å². The molecule has 0 unspecified atom stereocenters. The van der Waals surface area contributed by atoms with Crippen LogP contribution in [-0.2, 0) is 6.54 Å². The molecule has 1 aliphatic heterocycles. The number of carbonyl (C=O) groups is 1. The summed E-state index contributed by atoms with van der Waals surface area (Å²) in [7, 11) is 0. The van der Waals surface area contributed by atoms with Crippen LogP contribution in [0.25, 0.3) is 0 Å². The van der Waals surface area contributed by atoms with Crippen molar-refractivity contribution in [1.29, 1.82) is 0 Å². The number of hydrogen-bond donors (Lipinski definition) is 2. The highest BCUT2D eigenvalue weighted by atomic mass is 16.2. The van der Waals surface area contributed by atoms with Gasteiger partial charge in [0.05, 0.1) is 6.20 Å². The van der Waals surface area contributed by atoms with Crippen molar-refractivity contribution in [3.63, 3.8) is 0 Å². The summed E-state index contributed by atoms with van der Waals surface area (Å²) < 4.78 is 1.95. The molecular weight excluding hydrogens is 278 g/mol. The molecule has 6 nitrogen and oxygen atoms in total. The van der Waals surface area contributed by atoms with Gasteiger partial charge in [0, 0.05) is 48.8 Å². The minimum absolute atomic E-state index is 0.0261. The highest BCUT2D eigenvalue weighted by Crippen LogP contribution is 2.20. The normalized spacial score (nSPS) is 14.5. The van der Waals surface area contributed by atoms with Crippen LogP contribution in [-0.4, -0.2) is 28.9 Å². The second kappa shape index (κ2) is 6.09. The Morgan fingerprint density at radius 2 is 2.09 bits per heavy atom. The number of aromatic nitrogens is 2. The van der Waals surface area contributed by atoms with Crippen LogP contribution in [0.1, 0.15) is 25.5 Å². The van der Waals surface area contributed by atoms with Gasteiger partial charge in [-0.05, 0) is 38.1 Å². The Morgan fingerprint density at radius 1 is 1.32 bits per heavy atom. The molecule has 1 aromatic heterocycles. The molecule has 2 aromatic rings. The van der Waals surface area contributed by atoms with E-state index in [-0.39, 0.29) is 6.03 Å². The van der Waals surface area contributed by atoms with E-state index in [9.17, 15) is 4.79 Å². The van der Waals surface area contributed by atoms with Crippen molar-refractivity contribution < 1.29 is 4.79 Å². The highest BCUT2D eigenvalue weighted by Gasteiger charge is 2.20. The largest absolute Gasteiger partial charge is 0.381 e. The minimum Gasteiger partial charge on any atom is -0.381 e. The minimum atomic E-state index is -0.0261. The lowest BCUT2D eigenvalue weighted by molar-refractivity contribution is 0.252. The fourth-order valence-corrected chi connectivity index (χ4v) is 2.43. The first-order chi connectivity index (χ1) is 10.6. The zero-order valence-corrected chi connectivity index (χ0v) is 12.9. The Balaban J connectivity index is 1.60. The van der Waals surface area contributed by atoms with Crippen LogP contribution >= 0.6 is 0 Å². The first kappa shape index (κ1) is 14.4. The third-order valence-corrected chi connectivity index (χ3v) is 3.72. The maximum Gasteiger partial charge on any atom is 0.321 e. The maximum atomic E-state index is 11.6. The second-order valence-electron chi connectivity index (χ2n) is 5.71. The summed E-state index contributed by atoms with van der Waals surface area (Å²) in [6.07, 6.45) is 3.94. The van der Waals surface area contributed by atoms with Crippen molar-refractivity contribution in [1.82, 2.24) is 15.1 Å². The molecule has 0 aliphatic carbocycles. The van der Waals surface area contributed by atoms with Gasteiger partial charge >= 0.3 is 6.03 Å². The number of amides is 2. The van der Waals surface area contributed by atoms with E-state index in [1.54, 1.807) is 4.90 Å².